The second-order valence-corrected chi connectivity index (χ2v) is 8.61. The van der Waals surface area contributed by atoms with Crippen LogP contribution in [-0.2, 0) is 8.85 Å². The predicted molar refractivity (Wildman–Crippen MR) is 126 cm³/mol. The molecule has 0 fully saturated rings. The molecule has 0 amide bonds. The van der Waals surface area contributed by atoms with Crippen LogP contribution >= 0.6 is 0 Å². The van der Waals surface area contributed by atoms with Gasteiger partial charge in [0.2, 0.25) is 0 Å². The van der Waals surface area contributed by atoms with Gasteiger partial charge >= 0.3 is 10.0 Å². The largest absolute Gasteiger partial charge is 0.432 e. The van der Waals surface area contributed by atoms with Gasteiger partial charge in [-0.2, -0.15) is 0 Å². The molecule has 0 spiro atoms. The molecule has 0 aromatic heterocycles. The van der Waals surface area contributed by atoms with E-state index in [0.717, 1.165) is 0 Å². The maximum absolute atomic E-state index is 4.50. The molecule has 0 unspecified atom stereocenters. The van der Waals surface area contributed by atoms with Crippen LogP contribution in [0.5, 0.6) is 0 Å². The minimum Gasteiger partial charge on any atom is -0.396 e. The van der Waals surface area contributed by atoms with Crippen molar-refractivity contribution in [3.8, 4) is 0 Å². The molecule has 5 rings (SSSR count). The Kier molecular flexibility index (Phi) is 5.30. The third-order valence-corrected chi connectivity index (χ3v) is 6.50. The van der Waals surface area contributed by atoms with Crippen LogP contribution in [0.25, 0.3) is 43.1 Å². The molecule has 0 saturated carbocycles. The Morgan fingerprint density at radius 2 is 1.14 bits per heavy atom. The van der Waals surface area contributed by atoms with Crippen molar-refractivity contribution in [2.24, 2.45) is 0 Å². The summed E-state index contributed by atoms with van der Waals surface area (Å²) in [5.41, 5.74) is 5.65. The van der Waals surface area contributed by atoms with E-state index in [1.807, 2.05) is 0 Å². The smallest absolute Gasteiger partial charge is 0.396 e. The molecule has 146 valence electrons. The van der Waals surface area contributed by atoms with Crippen LogP contribution in [0.15, 0.2) is 48.5 Å². The highest BCUT2D eigenvalue weighted by atomic mass is 28.3. The molecule has 0 aliphatic heterocycles. The Morgan fingerprint density at radius 1 is 0.552 bits per heavy atom. The van der Waals surface area contributed by atoms with Gasteiger partial charge in [-0.05, 0) is 93.0 Å². The molecule has 0 atom stereocenters. The van der Waals surface area contributed by atoms with Crippen LogP contribution in [0.1, 0.15) is 22.3 Å². The van der Waals surface area contributed by atoms with Crippen LogP contribution in [0.4, 0.5) is 0 Å². The molecule has 2 nitrogen and oxygen atoms in total. The molecule has 3 heteroatoms. The Morgan fingerprint density at radius 3 is 1.76 bits per heavy atom. The molecule has 0 N–H and O–H groups in total. The first kappa shape index (κ1) is 19.8. The van der Waals surface area contributed by atoms with Gasteiger partial charge in [-0.25, -0.2) is 0 Å². The van der Waals surface area contributed by atoms with Crippen LogP contribution in [-0.4, -0.2) is 24.2 Å². The van der Waals surface area contributed by atoms with E-state index in [4.69, 9.17) is 0 Å². The molecule has 0 aliphatic rings. The zero-order valence-electron chi connectivity index (χ0n) is 17.9. The quantitative estimate of drug-likeness (QED) is 0.185. The highest BCUT2D eigenvalue weighted by Crippen LogP contribution is 2.44. The summed E-state index contributed by atoms with van der Waals surface area (Å²) < 4.78 is 8.99. The number of benzene rings is 5. The van der Waals surface area contributed by atoms with E-state index < -0.39 is 0 Å². The lowest BCUT2D eigenvalue weighted by molar-refractivity contribution is 0.309. The highest BCUT2D eigenvalue weighted by Gasteiger charge is 2.18. The van der Waals surface area contributed by atoms with E-state index in [1.54, 1.807) is 14.2 Å². The van der Waals surface area contributed by atoms with Crippen molar-refractivity contribution in [1.82, 2.24) is 0 Å². The van der Waals surface area contributed by atoms with Gasteiger partial charge in [0.05, 0.1) is 0 Å². The standard InChI is InChI=1S/C24H20.C2H6O2Si/c1-13-11-12-19-18-9-5-7-17-8-6-10-20(23(17)18)22-16(4)14(2)15(3)21(13)24(19)22;1-3-5-4-2/h5-12H,1-4H3;1-2H3. The van der Waals surface area contributed by atoms with E-state index in [1.165, 1.54) is 65.3 Å². The number of rotatable bonds is 2. The highest BCUT2D eigenvalue weighted by molar-refractivity contribution is 6.34. The fourth-order valence-corrected chi connectivity index (χ4v) is 4.88. The van der Waals surface area contributed by atoms with E-state index in [0.29, 0.717) is 0 Å². The van der Waals surface area contributed by atoms with Crippen molar-refractivity contribution in [2.75, 3.05) is 14.2 Å². The summed E-state index contributed by atoms with van der Waals surface area (Å²) in [5.74, 6) is 0. The number of hydrogen-bond acceptors (Lipinski definition) is 2. The van der Waals surface area contributed by atoms with Gasteiger partial charge in [0.15, 0.2) is 0 Å². The van der Waals surface area contributed by atoms with Crippen LogP contribution < -0.4 is 0 Å². The average Bonchev–Trinajstić information content (AvgIpc) is 2.73. The topological polar surface area (TPSA) is 18.5 Å². The number of hydrogen-bond donors (Lipinski definition) is 0. The van der Waals surface area contributed by atoms with Gasteiger partial charge in [0.1, 0.15) is 0 Å². The summed E-state index contributed by atoms with van der Waals surface area (Å²) >= 11 is 0. The van der Waals surface area contributed by atoms with Crippen LogP contribution in [0, 0.1) is 27.7 Å². The van der Waals surface area contributed by atoms with Gasteiger partial charge < -0.3 is 8.85 Å². The summed E-state index contributed by atoms with van der Waals surface area (Å²) in [5, 5.41) is 11.2. The van der Waals surface area contributed by atoms with Gasteiger partial charge in [0, 0.05) is 14.2 Å². The van der Waals surface area contributed by atoms with Crippen molar-refractivity contribution in [3.63, 3.8) is 0 Å². The summed E-state index contributed by atoms with van der Waals surface area (Å²) in [6.45, 7) is 9.08. The monoisotopic (exact) mass is 398 g/mol. The fourth-order valence-electron chi connectivity index (χ4n) is 4.71. The van der Waals surface area contributed by atoms with Gasteiger partial charge in [-0.15, -0.1) is 0 Å². The molecule has 0 bridgehead atoms. The molecular formula is C26H26O2Si. The number of aryl methyl sites for hydroxylation is 3. The summed E-state index contributed by atoms with van der Waals surface area (Å²) in [7, 11) is 3.40. The Hall–Kier alpha value is -2.46. The number of fused-ring (bicyclic) bond motifs is 2. The van der Waals surface area contributed by atoms with E-state index >= 15 is 0 Å². The summed E-state index contributed by atoms with van der Waals surface area (Å²) in [6.07, 6.45) is 0. The van der Waals surface area contributed by atoms with Gasteiger partial charge in [0.25, 0.3) is 0 Å². The lowest BCUT2D eigenvalue weighted by atomic mass is 9.83. The van der Waals surface area contributed by atoms with E-state index in [-0.39, 0.29) is 10.0 Å². The lowest BCUT2D eigenvalue weighted by Gasteiger charge is -2.20. The zero-order valence-corrected chi connectivity index (χ0v) is 18.9. The second kappa shape index (κ2) is 7.75. The second-order valence-electron chi connectivity index (χ2n) is 7.63. The average molecular weight is 399 g/mol. The molecule has 0 heterocycles. The fraction of sp³-hybridized carbons (Fsp3) is 0.231. The van der Waals surface area contributed by atoms with Crippen LogP contribution in [0.3, 0.4) is 0 Å². The Bertz CT molecular complexity index is 1330. The summed E-state index contributed by atoms with van der Waals surface area (Å²) in [6, 6.07) is 18.0. The minimum absolute atomic E-state index is 0.198. The maximum Gasteiger partial charge on any atom is 0.432 e. The molecule has 5 aromatic rings. The third-order valence-electron chi connectivity index (χ3n) is 6.17. The molecular weight excluding hydrogens is 372 g/mol. The first-order valence-electron chi connectivity index (χ1n) is 9.87. The lowest BCUT2D eigenvalue weighted by Crippen LogP contribution is -1.96. The summed E-state index contributed by atoms with van der Waals surface area (Å²) in [4.78, 5) is 0. The van der Waals surface area contributed by atoms with Crippen molar-refractivity contribution in [1.29, 1.82) is 0 Å². The molecule has 2 radical (unpaired) electrons. The van der Waals surface area contributed by atoms with Crippen molar-refractivity contribution in [3.05, 3.63) is 70.8 Å². The third kappa shape index (κ3) is 3.01. The Labute approximate surface area is 174 Å². The zero-order chi connectivity index (χ0) is 20.7. The molecule has 0 saturated heterocycles. The SMILES string of the molecule is CO[Si]OC.Cc1c(C)c2c(C)ccc3c4cccc5cccc(c(c1C)c23)c54. The van der Waals surface area contributed by atoms with Crippen molar-refractivity contribution in [2.45, 2.75) is 27.7 Å². The van der Waals surface area contributed by atoms with E-state index in [2.05, 4.69) is 85.1 Å². The van der Waals surface area contributed by atoms with Crippen molar-refractivity contribution < 1.29 is 8.85 Å². The maximum atomic E-state index is 4.50. The normalized spacial score (nSPS) is 11.5. The molecule has 29 heavy (non-hydrogen) atoms. The van der Waals surface area contributed by atoms with Crippen LogP contribution in [0.2, 0.25) is 0 Å². The van der Waals surface area contributed by atoms with Crippen molar-refractivity contribution >= 4 is 53.1 Å². The molecule has 5 aromatic carbocycles. The van der Waals surface area contributed by atoms with Gasteiger partial charge in [-0.3, -0.25) is 0 Å². The Balaban J connectivity index is 0.000000369. The minimum atomic E-state index is 0.198. The predicted octanol–water partition coefficient (Wildman–Crippen LogP) is 6.78. The first-order valence-corrected chi connectivity index (χ1v) is 10.7. The first-order chi connectivity index (χ1) is 14.0. The molecule has 0 aliphatic carbocycles. The van der Waals surface area contributed by atoms with E-state index in [9.17, 15) is 0 Å². The van der Waals surface area contributed by atoms with Gasteiger partial charge in [-0.1, -0.05) is 48.5 Å².